The number of rotatable bonds is 5. The average molecular weight is 439 g/mol. The molecule has 0 fully saturated rings. The molecule has 0 bridgehead atoms. The zero-order chi connectivity index (χ0) is 19.6. The molecule has 0 amide bonds. The first-order chi connectivity index (χ1) is 12.8. The van der Waals surface area contributed by atoms with Gasteiger partial charge in [-0.2, -0.15) is 13.2 Å². The van der Waals surface area contributed by atoms with Crippen molar-refractivity contribution >= 4 is 32.7 Å². The second-order valence-electron chi connectivity index (χ2n) is 5.89. The third-order valence-electron chi connectivity index (χ3n) is 4.19. The van der Waals surface area contributed by atoms with Gasteiger partial charge in [-0.25, -0.2) is 4.98 Å². The number of benzene rings is 2. The Labute approximate surface area is 163 Å². The van der Waals surface area contributed by atoms with Crippen LogP contribution < -0.4 is 9.64 Å². The van der Waals surface area contributed by atoms with E-state index in [9.17, 15) is 13.2 Å². The fourth-order valence-corrected chi connectivity index (χ4v) is 3.29. The van der Waals surface area contributed by atoms with Gasteiger partial charge in [-0.3, -0.25) is 0 Å². The van der Waals surface area contributed by atoms with E-state index in [1.165, 1.54) is 6.07 Å². The second kappa shape index (κ2) is 7.76. The number of alkyl halides is 3. The maximum absolute atomic E-state index is 14.1. The Hall–Kier alpha value is -2.28. The summed E-state index contributed by atoms with van der Waals surface area (Å²) in [5, 5.41) is -0.00119. The Morgan fingerprint density at radius 3 is 2.30 bits per heavy atom. The predicted molar refractivity (Wildman–Crippen MR) is 105 cm³/mol. The first kappa shape index (κ1) is 19.5. The first-order valence-corrected chi connectivity index (χ1v) is 9.32. The van der Waals surface area contributed by atoms with Gasteiger partial charge in [0.15, 0.2) is 11.6 Å². The van der Waals surface area contributed by atoms with Gasteiger partial charge < -0.3 is 9.64 Å². The minimum Gasteiger partial charge on any atom is -0.453 e. The monoisotopic (exact) mass is 438 g/mol. The van der Waals surface area contributed by atoms with Gasteiger partial charge in [0.25, 0.3) is 0 Å². The molecule has 142 valence electrons. The van der Waals surface area contributed by atoms with Crippen LogP contribution in [0.2, 0.25) is 0 Å². The van der Waals surface area contributed by atoms with Crippen LogP contribution in [0.5, 0.6) is 11.5 Å². The van der Waals surface area contributed by atoms with Gasteiger partial charge in [-0.05, 0) is 44.2 Å². The summed E-state index contributed by atoms with van der Waals surface area (Å²) in [6.07, 6.45) is -4.60. The van der Waals surface area contributed by atoms with Crippen molar-refractivity contribution in [3.8, 4) is 11.5 Å². The maximum Gasteiger partial charge on any atom is 0.420 e. The summed E-state index contributed by atoms with van der Waals surface area (Å²) in [5.41, 5.74) is -0.549. The molecule has 2 aromatic carbocycles. The smallest absolute Gasteiger partial charge is 0.420 e. The molecule has 0 unspecified atom stereocenters. The third kappa shape index (κ3) is 4.03. The molecule has 0 saturated heterocycles. The van der Waals surface area contributed by atoms with Crippen LogP contribution in [0, 0.1) is 0 Å². The predicted octanol–water partition coefficient (Wildman–Crippen LogP) is 6.65. The highest BCUT2D eigenvalue weighted by molar-refractivity contribution is 9.10. The molecular weight excluding hydrogens is 421 g/mol. The van der Waals surface area contributed by atoms with Gasteiger partial charge in [0.1, 0.15) is 11.3 Å². The maximum atomic E-state index is 14.1. The molecule has 0 saturated carbocycles. The quantitative estimate of drug-likeness (QED) is 0.445. The highest BCUT2D eigenvalue weighted by Gasteiger charge is 2.39. The van der Waals surface area contributed by atoms with E-state index < -0.39 is 11.7 Å². The first-order valence-electron chi connectivity index (χ1n) is 8.53. The van der Waals surface area contributed by atoms with Crippen LogP contribution in [0.1, 0.15) is 19.4 Å². The molecule has 0 aliphatic heterocycles. The summed E-state index contributed by atoms with van der Waals surface area (Å²) in [7, 11) is 0. The molecular formula is C20H18BrF3N2O. The molecule has 3 nitrogen and oxygen atoms in total. The van der Waals surface area contributed by atoms with Crippen LogP contribution in [-0.2, 0) is 6.18 Å². The molecule has 27 heavy (non-hydrogen) atoms. The number of fused-ring (bicyclic) bond motifs is 1. The van der Waals surface area contributed by atoms with E-state index >= 15 is 0 Å². The van der Waals surface area contributed by atoms with E-state index in [0.717, 1.165) is 0 Å². The van der Waals surface area contributed by atoms with Gasteiger partial charge in [0.05, 0.1) is 5.52 Å². The molecule has 1 heterocycles. The number of para-hydroxylation sites is 1. The number of halogens is 4. The minimum absolute atomic E-state index is 0.00119. The van der Waals surface area contributed by atoms with Crippen LogP contribution in [-0.4, -0.2) is 18.1 Å². The van der Waals surface area contributed by atoms with Crippen molar-refractivity contribution < 1.29 is 17.9 Å². The van der Waals surface area contributed by atoms with E-state index in [4.69, 9.17) is 4.74 Å². The van der Waals surface area contributed by atoms with E-state index in [1.54, 1.807) is 47.4 Å². The number of aromatic nitrogens is 1. The molecule has 0 N–H and O–H groups in total. The molecule has 1 aromatic heterocycles. The van der Waals surface area contributed by atoms with Crippen LogP contribution in [0.25, 0.3) is 10.9 Å². The zero-order valence-corrected chi connectivity index (χ0v) is 16.4. The van der Waals surface area contributed by atoms with E-state index in [-0.39, 0.29) is 22.5 Å². The highest BCUT2D eigenvalue weighted by atomic mass is 79.9. The lowest BCUT2D eigenvalue weighted by Gasteiger charge is -2.26. The van der Waals surface area contributed by atoms with E-state index in [0.29, 0.717) is 23.3 Å². The lowest BCUT2D eigenvalue weighted by atomic mass is 10.1. The van der Waals surface area contributed by atoms with Crippen molar-refractivity contribution in [3.63, 3.8) is 0 Å². The second-order valence-corrected chi connectivity index (χ2v) is 6.80. The fraction of sp³-hybridized carbons (Fsp3) is 0.250. The summed E-state index contributed by atoms with van der Waals surface area (Å²) in [6.45, 7) is 4.76. The lowest BCUT2D eigenvalue weighted by molar-refractivity contribution is -0.137. The average Bonchev–Trinajstić information content (AvgIpc) is 2.63. The topological polar surface area (TPSA) is 25.4 Å². The van der Waals surface area contributed by atoms with Gasteiger partial charge in [-0.15, -0.1) is 0 Å². The molecule has 3 rings (SSSR count). The molecule has 0 radical (unpaired) electrons. The van der Waals surface area contributed by atoms with Gasteiger partial charge >= 0.3 is 6.18 Å². The molecule has 0 aliphatic rings. The summed E-state index contributed by atoms with van der Waals surface area (Å²) >= 11 is 3.25. The van der Waals surface area contributed by atoms with Gasteiger partial charge in [0, 0.05) is 22.9 Å². The van der Waals surface area contributed by atoms with E-state index in [1.807, 2.05) is 13.8 Å². The Morgan fingerprint density at radius 1 is 1.04 bits per heavy atom. The Kier molecular flexibility index (Phi) is 5.60. The molecule has 7 heteroatoms. The van der Waals surface area contributed by atoms with Crippen molar-refractivity contribution in [1.29, 1.82) is 0 Å². The largest absolute Gasteiger partial charge is 0.453 e. The number of hydrogen-bond acceptors (Lipinski definition) is 3. The molecule has 3 aromatic rings. The van der Waals surface area contributed by atoms with E-state index in [2.05, 4.69) is 20.9 Å². The van der Waals surface area contributed by atoms with Crippen molar-refractivity contribution in [2.24, 2.45) is 0 Å². The van der Waals surface area contributed by atoms with Crippen molar-refractivity contribution in [1.82, 2.24) is 4.98 Å². The number of anilines is 1. The van der Waals surface area contributed by atoms with Crippen LogP contribution >= 0.6 is 15.9 Å². The SMILES string of the molecule is CCN(CC)c1nc2ccc(Br)cc2c(C(F)(F)F)c1Oc1ccccc1. The molecule has 0 aliphatic carbocycles. The number of ether oxygens (including phenoxy) is 1. The summed E-state index contributed by atoms with van der Waals surface area (Å²) in [4.78, 5) is 6.27. The summed E-state index contributed by atoms with van der Waals surface area (Å²) in [6, 6.07) is 13.1. The summed E-state index contributed by atoms with van der Waals surface area (Å²) < 4.78 is 48.7. The van der Waals surface area contributed by atoms with Crippen molar-refractivity contribution in [2.45, 2.75) is 20.0 Å². The van der Waals surface area contributed by atoms with Gasteiger partial charge in [-0.1, -0.05) is 34.1 Å². The van der Waals surface area contributed by atoms with Crippen LogP contribution in [0.3, 0.4) is 0 Å². The Bertz CT molecular complexity index is 941. The Balaban J connectivity index is 2.37. The minimum atomic E-state index is -4.60. The highest BCUT2D eigenvalue weighted by Crippen LogP contribution is 2.47. The fourth-order valence-electron chi connectivity index (χ4n) is 2.93. The molecule has 0 atom stereocenters. The van der Waals surface area contributed by atoms with Crippen molar-refractivity contribution in [3.05, 3.63) is 58.6 Å². The zero-order valence-electron chi connectivity index (χ0n) is 14.8. The van der Waals surface area contributed by atoms with Crippen LogP contribution in [0.4, 0.5) is 19.0 Å². The van der Waals surface area contributed by atoms with Crippen LogP contribution in [0.15, 0.2) is 53.0 Å². The number of nitrogens with zero attached hydrogens (tertiary/aromatic N) is 2. The van der Waals surface area contributed by atoms with Crippen molar-refractivity contribution in [2.75, 3.05) is 18.0 Å². The number of hydrogen-bond donors (Lipinski definition) is 0. The Morgan fingerprint density at radius 2 is 1.70 bits per heavy atom. The normalized spacial score (nSPS) is 11.6. The van der Waals surface area contributed by atoms with Gasteiger partial charge in [0.2, 0.25) is 0 Å². The molecule has 0 spiro atoms. The standard InChI is InChI=1S/C20H18BrF3N2O/c1-3-26(4-2)19-18(27-14-8-6-5-7-9-14)17(20(22,23)24)15-12-13(21)10-11-16(15)25-19/h5-12H,3-4H2,1-2H3. The third-order valence-corrected chi connectivity index (χ3v) is 4.69. The summed E-state index contributed by atoms with van der Waals surface area (Å²) in [5.74, 6) is 0.238. The lowest BCUT2D eigenvalue weighted by Crippen LogP contribution is -2.25. The number of pyridine rings is 1.